The second-order valence-corrected chi connectivity index (χ2v) is 1.50. The lowest BCUT2D eigenvalue weighted by Crippen LogP contribution is -3.00. The van der Waals surface area contributed by atoms with E-state index >= 15 is 0 Å². The molecule has 0 rings (SSSR count). The molecule has 0 spiro atoms. The van der Waals surface area contributed by atoms with Crippen LogP contribution in [0.25, 0.3) is 0 Å². The zero-order valence-electron chi connectivity index (χ0n) is 2.88. The van der Waals surface area contributed by atoms with Gasteiger partial charge in [-0.2, -0.15) is 0 Å². The van der Waals surface area contributed by atoms with E-state index in [4.69, 9.17) is 0 Å². The number of hydrogen-bond acceptors (Lipinski definition) is 0. The molecule has 0 heterocycles. The van der Waals surface area contributed by atoms with Crippen molar-refractivity contribution in [2.24, 2.45) is 0 Å². The first-order chi connectivity index (χ1) is 1.41. The molecule has 2 heteroatoms. The molecular weight excluding hydrogens is 90.4 g/mol. The summed E-state index contributed by atoms with van der Waals surface area (Å²) in [5, 5.41) is 0. The van der Waals surface area contributed by atoms with Gasteiger partial charge in [-0.3, -0.25) is 0 Å². The topological polar surface area (TPSA) is 0 Å². The SMILES string of the molecule is CPC.[Cl-]. The van der Waals surface area contributed by atoms with Crippen molar-refractivity contribution in [1.29, 1.82) is 0 Å². The van der Waals surface area contributed by atoms with Crippen molar-refractivity contribution in [3.8, 4) is 0 Å². The highest BCUT2D eigenvalue weighted by molar-refractivity contribution is 7.35. The predicted octanol–water partition coefficient (Wildman–Crippen LogP) is -2.07. The average Bonchev–Trinajstić information content (AvgIpc) is 0.918. The summed E-state index contributed by atoms with van der Waals surface area (Å²) in [7, 11) is 1.08. The molecular formula is C2H7ClP-. The Kier molecular flexibility index (Phi) is 20.5. The van der Waals surface area contributed by atoms with Crippen LogP contribution in [0.15, 0.2) is 0 Å². The van der Waals surface area contributed by atoms with Crippen LogP contribution in [-0.2, 0) is 0 Å². The summed E-state index contributed by atoms with van der Waals surface area (Å²) in [6.07, 6.45) is 0. The predicted molar refractivity (Wildman–Crippen MR) is 20.2 cm³/mol. The molecule has 0 saturated carbocycles. The van der Waals surface area contributed by atoms with Gasteiger partial charge in [0.1, 0.15) is 0 Å². The van der Waals surface area contributed by atoms with Gasteiger partial charge in [0.15, 0.2) is 0 Å². The molecule has 0 saturated heterocycles. The lowest BCUT2D eigenvalue weighted by molar-refractivity contribution is -0.000000738. The van der Waals surface area contributed by atoms with Crippen LogP contribution >= 0.6 is 8.58 Å². The molecule has 0 atom stereocenters. The van der Waals surface area contributed by atoms with E-state index in [-0.39, 0.29) is 12.4 Å². The van der Waals surface area contributed by atoms with Gasteiger partial charge in [-0.05, 0) is 13.3 Å². The van der Waals surface area contributed by atoms with Crippen LogP contribution in [0.1, 0.15) is 0 Å². The van der Waals surface area contributed by atoms with Crippen molar-refractivity contribution < 1.29 is 12.4 Å². The molecule has 0 aromatic rings. The van der Waals surface area contributed by atoms with E-state index in [0.717, 1.165) is 8.58 Å². The molecule has 28 valence electrons. The van der Waals surface area contributed by atoms with Gasteiger partial charge in [0, 0.05) is 0 Å². The zero-order chi connectivity index (χ0) is 2.71. The van der Waals surface area contributed by atoms with E-state index in [1.165, 1.54) is 0 Å². The van der Waals surface area contributed by atoms with Gasteiger partial charge < -0.3 is 12.4 Å². The van der Waals surface area contributed by atoms with E-state index in [1.54, 1.807) is 0 Å². The molecule has 0 nitrogen and oxygen atoms in total. The Morgan fingerprint density at radius 3 is 1.25 bits per heavy atom. The Morgan fingerprint density at radius 2 is 1.25 bits per heavy atom. The first kappa shape index (κ1) is 8.83. The van der Waals surface area contributed by atoms with E-state index < -0.39 is 0 Å². The second kappa shape index (κ2) is 9.30. The summed E-state index contributed by atoms with van der Waals surface area (Å²) in [6, 6.07) is 0. The van der Waals surface area contributed by atoms with E-state index in [0.29, 0.717) is 0 Å². The van der Waals surface area contributed by atoms with Crippen molar-refractivity contribution >= 4 is 8.58 Å². The minimum atomic E-state index is 0. The average molecular weight is 97.5 g/mol. The van der Waals surface area contributed by atoms with Crippen LogP contribution in [0.5, 0.6) is 0 Å². The first-order valence-electron chi connectivity index (χ1n) is 1.00. The zero-order valence-corrected chi connectivity index (χ0v) is 4.63. The number of rotatable bonds is 0. The maximum absolute atomic E-state index is 2.15. The lowest BCUT2D eigenvalue weighted by atomic mass is 11.9. The highest BCUT2D eigenvalue weighted by atomic mass is 35.5. The Hall–Kier alpha value is 0.720. The van der Waals surface area contributed by atoms with Gasteiger partial charge >= 0.3 is 0 Å². The summed E-state index contributed by atoms with van der Waals surface area (Å²) in [4.78, 5) is 0. The largest absolute Gasteiger partial charge is 1.00 e. The van der Waals surface area contributed by atoms with Crippen molar-refractivity contribution in [2.45, 2.75) is 0 Å². The van der Waals surface area contributed by atoms with Gasteiger partial charge in [-0.1, -0.05) is 0 Å². The lowest BCUT2D eigenvalue weighted by Gasteiger charge is -1.50. The number of halogens is 1. The Labute approximate surface area is 35.2 Å². The van der Waals surface area contributed by atoms with Crippen LogP contribution < -0.4 is 12.4 Å². The molecule has 0 bridgehead atoms. The van der Waals surface area contributed by atoms with E-state index in [1.807, 2.05) is 0 Å². The Bertz CT molecular complexity index is 6.00. The van der Waals surface area contributed by atoms with Crippen molar-refractivity contribution in [1.82, 2.24) is 0 Å². The molecule has 0 aromatic heterocycles. The van der Waals surface area contributed by atoms with Gasteiger partial charge in [0.2, 0.25) is 0 Å². The molecule has 4 heavy (non-hydrogen) atoms. The van der Waals surface area contributed by atoms with Crippen molar-refractivity contribution in [3.63, 3.8) is 0 Å². The maximum atomic E-state index is 2.15. The molecule has 0 N–H and O–H groups in total. The van der Waals surface area contributed by atoms with Gasteiger partial charge in [-0.15, -0.1) is 8.58 Å². The molecule has 0 aromatic carbocycles. The first-order valence-corrected chi connectivity index (χ1v) is 3.00. The van der Waals surface area contributed by atoms with Crippen molar-refractivity contribution in [3.05, 3.63) is 0 Å². The fraction of sp³-hybridized carbons (Fsp3) is 1.00. The van der Waals surface area contributed by atoms with Crippen LogP contribution in [-0.4, -0.2) is 13.3 Å². The fourth-order valence-corrected chi connectivity index (χ4v) is 0. The van der Waals surface area contributed by atoms with Gasteiger partial charge in [0.05, 0.1) is 0 Å². The normalized spacial score (nSPS) is 4.50. The van der Waals surface area contributed by atoms with Gasteiger partial charge in [0.25, 0.3) is 0 Å². The smallest absolute Gasteiger partial charge is 0.0475 e. The third-order valence-electron chi connectivity index (χ3n) is 0. The third-order valence-corrected chi connectivity index (χ3v) is 0. The van der Waals surface area contributed by atoms with Crippen LogP contribution in [0, 0.1) is 0 Å². The molecule has 0 fully saturated rings. The monoisotopic (exact) mass is 97.0 g/mol. The summed E-state index contributed by atoms with van der Waals surface area (Å²) < 4.78 is 0. The van der Waals surface area contributed by atoms with E-state index in [9.17, 15) is 0 Å². The van der Waals surface area contributed by atoms with Crippen molar-refractivity contribution in [2.75, 3.05) is 13.3 Å². The molecule has 0 aliphatic carbocycles. The van der Waals surface area contributed by atoms with Crippen LogP contribution in [0.4, 0.5) is 0 Å². The van der Waals surface area contributed by atoms with Crippen LogP contribution in [0.3, 0.4) is 0 Å². The summed E-state index contributed by atoms with van der Waals surface area (Å²) >= 11 is 0. The fourth-order valence-electron chi connectivity index (χ4n) is 0. The molecule has 0 aliphatic rings. The van der Waals surface area contributed by atoms with Gasteiger partial charge in [-0.25, -0.2) is 0 Å². The summed E-state index contributed by atoms with van der Waals surface area (Å²) in [6.45, 7) is 4.31. The Morgan fingerprint density at radius 1 is 1.25 bits per heavy atom. The molecule has 0 radical (unpaired) electrons. The highest BCUT2D eigenvalue weighted by Crippen LogP contribution is 1.84. The minimum absolute atomic E-state index is 0. The second-order valence-electron chi connectivity index (χ2n) is 0.500. The Balaban J connectivity index is 0. The van der Waals surface area contributed by atoms with E-state index in [2.05, 4.69) is 13.3 Å². The standard InChI is InChI=1S/C2H7P.ClH/c1-3-2;/h3H,1-2H3;1H/p-1. The number of hydrogen-bond donors (Lipinski definition) is 0. The quantitative estimate of drug-likeness (QED) is 0.305. The molecule has 0 amide bonds. The summed E-state index contributed by atoms with van der Waals surface area (Å²) in [5.74, 6) is 0. The maximum Gasteiger partial charge on any atom is -0.0475 e. The molecule has 0 aliphatic heterocycles. The minimum Gasteiger partial charge on any atom is -1.00 e. The van der Waals surface area contributed by atoms with Crippen LogP contribution in [0.2, 0.25) is 0 Å². The highest BCUT2D eigenvalue weighted by Gasteiger charge is 1.33. The third kappa shape index (κ3) is 15.5. The molecule has 0 unspecified atom stereocenters. The summed E-state index contributed by atoms with van der Waals surface area (Å²) in [5.41, 5.74) is 0.